The van der Waals surface area contributed by atoms with Gasteiger partial charge in [-0.2, -0.15) is 0 Å². The fourth-order valence-corrected chi connectivity index (χ4v) is 2.29. The van der Waals surface area contributed by atoms with Crippen LogP contribution in [0.1, 0.15) is 5.69 Å². The number of aromatic nitrogens is 2. The van der Waals surface area contributed by atoms with Crippen LogP contribution in [0.4, 0.5) is 0 Å². The standard InChI is InChI=1S/C15H11ClN2O/c16-11-5-7-17-12(9-11)10-18-8-6-15(19)13-3-1-2-4-14(13)18/h1-9H,10H2. The highest BCUT2D eigenvalue weighted by molar-refractivity contribution is 6.30. The molecule has 19 heavy (non-hydrogen) atoms. The number of hydrogen-bond donors (Lipinski definition) is 0. The van der Waals surface area contributed by atoms with Gasteiger partial charge in [-0.15, -0.1) is 0 Å². The van der Waals surface area contributed by atoms with Crippen molar-refractivity contribution in [2.75, 3.05) is 0 Å². The van der Waals surface area contributed by atoms with Gasteiger partial charge in [0.2, 0.25) is 0 Å². The van der Waals surface area contributed by atoms with Crippen LogP contribution >= 0.6 is 11.6 Å². The van der Waals surface area contributed by atoms with Crippen molar-refractivity contribution in [3.63, 3.8) is 0 Å². The van der Waals surface area contributed by atoms with Crippen molar-refractivity contribution < 1.29 is 0 Å². The van der Waals surface area contributed by atoms with Crippen LogP contribution in [0, 0.1) is 0 Å². The van der Waals surface area contributed by atoms with Gasteiger partial charge < -0.3 is 4.57 Å². The number of fused-ring (bicyclic) bond motifs is 1. The van der Waals surface area contributed by atoms with E-state index in [-0.39, 0.29) is 5.43 Å². The maximum Gasteiger partial charge on any atom is 0.189 e. The van der Waals surface area contributed by atoms with E-state index < -0.39 is 0 Å². The van der Waals surface area contributed by atoms with Crippen molar-refractivity contribution in [1.82, 2.24) is 9.55 Å². The fraction of sp³-hybridized carbons (Fsp3) is 0.0667. The molecule has 0 atom stereocenters. The lowest BCUT2D eigenvalue weighted by Crippen LogP contribution is -2.09. The predicted octanol–water partition coefficient (Wildman–Crippen LogP) is 3.10. The van der Waals surface area contributed by atoms with Gasteiger partial charge in [0.15, 0.2) is 5.43 Å². The van der Waals surface area contributed by atoms with Crippen molar-refractivity contribution in [3.05, 3.63) is 75.8 Å². The van der Waals surface area contributed by atoms with Crippen LogP contribution < -0.4 is 5.43 Å². The molecule has 3 rings (SSSR count). The van der Waals surface area contributed by atoms with E-state index in [1.54, 1.807) is 24.5 Å². The number of benzene rings is 1. The minimum absolute atomic E-state index is 0.0332. The summed E-state index contributed by atoms with van der Waals surface area (Å²) < 4.78 is 2.00. The van der Waals surface area contributed by atoms with Crippen molar-refractivity contribution in [1.29, 1.82) is 0 Å². The number of pyridine rings is 2. The Hall–Kier alpha value is -2.13. The van der Waals surface area contributed by atoms with E-state index in [1.807, 2.05) is 34.9 Å². The lowest BCUT2D eigenvalue weighted by atomic mass is 10.2. The second kappa shape index (κ2) is 4.86. The van der Waals surface area contributed by atoms with E-state index in [0.717, 1.165) is 11.2 Å². The molecule has 2 heterocycles. The van der Waals surface area contributed by atoms with Gasteiger partial charge in [0.1, 0.15) is 0 Å². The summed E-state index contributed by atoms with van der Waals surface area (Å²) >= 11 is 5.96. The predicted molar refractivity (Wildman–Crippen MR) is 76.6 cm³/mol. The topological polar surface area (TPSA) is 34.9 Å². The smallest absolute Gasteiger partial charge is 0.189 e. The summed E-state index contributed by atoms with van der Waals surface area (Å²) in [4.78, 5) is 16.1. The lowest BCUT2D eigenvalue weighted by molar-refractivity contribution is 0.798. The van der Waals surface area contributed by atoms with Gasteiger partial charge in [-0.05, 0) is 24.3 Å². The third-order valence-electron chi connectivity index (χ3n) is 3.00. The van der Waals surface area contributed by atoms with E-state index in [9.17, 15) is 4.79 Å². The summed E-state index contributed by atoms with van der Waals surface area (Å²) in [5, 5.41) is 1.38. The first-order valence-corrected chi connectivity index (χ1v) is 6.30. The first-order valence-electron chi connectivity index (χ1n) is 5.93. The molecule has 3 aromatic rings. The van der Waals surface area contributed by atoms with E-state index in [4.69, 9.17) is 11.6 Å². The van der Waals surface area contributed by atoms with Crippen LogP contribution in [0.5, 0.6) is 0 Å². The molecule has 0 radical (unpaired) electrons. The molecular weight excluding hydrogens is 260 g/mol. The zero-order chi connectivity index (χ0) is 13.2. The molecule has 3 nitrogen and oxygen atoms in total. The molecular formula is C15H11ClN2O. The number of hydrogen-bond acceptors (Lipinski definition) is 2. The molecule has 0 fully saturated rings. The van der Waals surface area contributed by atoms with Crippen LogP contribution in [0.3, 0.4) is 0 Å². The molecule has 4 heteroatoms. The molecule has 0 bridgehead atoms. The summed E-state index contributed by atoms with van der Waals surface area (Å²) in [6.45, 7) is 0.585. The lowest BCUT2D eigenvalue weighted by Gasteiger charge is -2.10. The first-order chi connectivity index (χ1) is 9.24. The third kappa shape index (κ3) is 2.37. The largest absolute Gasteiger partial charge is 0.341 e. The zero-order valence-electron chi connectivity index (χ0n) is 10.1. The third-order valence-corrected chi connectivity index (χ3v) is 3.23. The summed E-state index contributed by atoms with van der Waals surface area (Å²) in [5.74, 6) is 0. The maximum absolute atomic E-state index is 11.8. The molecule has 0 amide bonds. The minimum Gasteiger partial charge on any atom is -0.341 e. The van der Waals surface area contributed by atoms with Gasteiger partial charge in [-0.25, -0.2) is 0 Å². The highest BCUT2D eigenvalue weighted by Crippen LogP contribution is 2.13. The Morgan fingerprint density at radius 1 is 1.16 bits per heavy atom. The molecule has 0 spiro atoms. The molecule has 0 saturated heterocycles. The van der Waals surface area contributed by atoms with Crippen molar-refractivity contribution >= 4 is 22.5 Å². The van der Waals surface area contributed by atoms with E-state index in [1.165, 1.54) is 0 Å². The summed E-state index contributed by atoms with van der Waals surface area (Å²) in [6.07, 6.45) is 3.47. The molecule has 0 aliphatic rings. The van der Waals surface area contributed by atoms with E-state index in [0.29, 0.717) is 17.0 Å². The van der Waals surface area contributed by atoms with Crippen molar-refractivity contribution in [2.24, 2.45) is 0 Å². The van der Waals surface area contributed by atoms with E-state index >= 15 is 0 Å². The van der Waals surface area contributed by atoms with Gasteiger partial charge in [0.05, 0.1) is 17.8 Å². The Balaban J connectivity index is 2.11. The normalized spacial score (nSPS) is 10.8. The molecule has 0 N–H and O–H groups in total. The first kappa shape index (κ1) is 11.9. The van der Waals surface area contributed by atoms with Gasteiger partial charge in [0.25, 0.3) is 0 Å². The zero-order valence-corrected chi connectivity index (χ0v) is 10.8. The van der Waals surface area contributed by atoms with Crippen LogP contribution in [0.15, 0.2) is 59.7 Å². The van der Waals surface area contributed by atoms with E-state index in [2.05, 4.69) is 4.98 Å². The number of halogens is 1. The highest BCUT2D eigenvalue weighted by atomic mass is 35.5. The van der Waals surface area contributed by atoms with Gasteiger partial charge in [0, 0.05) is 28.9 Å². The van der Waals surface area contributed by atoms with Gasteiger partial charge >= 0.3 is 0 Å². The van der Waals surface area contributed by atoms with Crippen molar-refractivity contribution in [3.8, 4) is 0 Å². The minimum atomic E-state index is 0.0332. The average molecular weight is 271 g/mol. The second-order valence-electron chi connectivity index (χ2n) is 4.29. The number of para-hydroxylation sites is 1. The second-order valence-corrected chi connectivity index (χ2v) is 4.73. The van der Waals surface area contributed by atoms with Gasteiger partial charge in [-0.3, -0.25) is 9.78 Å². The number of rotatable bonds is 2. The summed E-state index contributed by atoms with van der Waals surface area (Å²) in [7, 11) is 0. The Morgan fingerprint density at radius 2 is 2.00 bits per heavy atom. The Morgan fingerprint density at radius 3 is 2.84 bits per heavy atom. The Bertz CT molecular complexity index is 795. The quantitative estimate of drug-likeness (QED) is 0.717. The molecule has 94 valence electrons. The molecule has 0 aliphatic heterocycles. The van der Waals surface area contributed by atoms with Crippen molar-refractivity contribution in [2.45, 2.75) is 6.54 Å². The van der Waals surface area contributed by atoms with Crippen LogP contribution in [-0.4, -0.2) is 9.55 Å². The molecule has 0 aliphatic carbocycles. The number of nitrogens with zero attached hydrogens (tertiary/aromatic N) is 2. The molecule has 2 aromatic heterocycles. The van der Waals surface area contributed by atoms with Crippen LogP contribution in [0.2, 0.25) is 5.02 Å². The molecule has 0 saturated carbocycles. The highest BCUT2D eigenvalue weighted by Gasteiger charge is 2.03. The summed E-state index contributed by atoms with van der Waals surface area (Å²) in [5.41, 5.74) is 1.80. The monoisotopic (exact) mass is 270 g/mol. The average Bonchev–Trinajstić information content (AvgIpc) is 2.42. The van der Waals surface area contributed by atoms with Crippen LogP contribution in [-0.2, 0) is 6.54 Å². The fourth-order valence-electron chi connectivity index (χ4n) is 2.11. The Labute approximate surface area is 115 Å². The maximum atomic E-state index is 11.8. The summed E-state index contributed by atoms with van der Waals surface area (Å²) in [6, 6.07) is 12.7. The molecule has 0 unspecified atom stereocenters. The van der Waals surface area contributed by atoms with Gasteiger partial charge in [-0.1, -0.05) is 23.7 Å². The Kier molecular flexibility index (Phi) is 3.05. The van der Waals surface area contributed by atoms with Crippen LogP contribution in [0.25, 0.3) is 10.9 Å². The molecule has 1 aromatic carbocycles. The SMILES string of the molecule is O=c1ccn(Cc2cc(Cl)ccn2)c2ccccc12.